The van der Waals surface area contributed by atoms with Crippen molar-refractivity contribution in [3.8, 4) is 0 Å². The molecule has 2 unspecified atom stereocenters. The normalized spacial score (nSPS) is 24.3. The first-order valence-corrected chi connectivity index (χ1v) is 11.0. The molecule has 2 aliphatic rings. The predicted molar refractivity (Wildman–Crippen MR) is 105 cm³/mol. The number of carbonyl (C=O) groups is 1. The van der Waals surface area contributed by atoms with E-state index in [1.165, 1.54) is 0 Å². The maximum atomic E-state index is 12.0. The molecule has 0 radical (unpaired) electrons. The smallest absolute Gasteiger partial charge is 0.407 e. The predicted octanol–water partition coefficient (Wildman–Crippen LogP) is 3.08. The van der Waals surface area contributed by atoms with Crippen molar-refractivity contribution in [2.45, 2.75) is 62.9 Å². The number of hydrogen-bond donors (Lipinski definition) is 1. The Kier molecular flexibility index (Phi) is 6.15. The Morgan fingerprint density at radius 3 is 2.74 bits per heavy atom. The molecule has 1 N–H and O–H groups in total. The van der Waals surface area contributed by atoms with Gasteiger partial charge in [0, 0.05) is 25.4 Å². The van der Waals surface area contributed by atoms with Crippen LogP contribution in [-0.2, 0) is 33.4 Å². The zero-order chi connectivity index (χ0) is 19.8. The number of halogens is 1. The van der Waals surface area contributed by atoms with Crippen LogP contribution in [0.3, 0.4) is 0 Å². The summed E-state index contributed by atoms with van der Waals surface area (Å²) in [6.07, 6.45) is 2.01. The Hall–Kier alpha value is -1.15. The number of fused-ring (bicyclic) bond motifs is 1. The van der Waals surface area contributed by atoms with E-state index in [4.69, 9.17) is 21.1 Å². The van der Waals surface area contributed by atoms with Gasteiger partial charge in [0.05, 0.1) is 40.0 Å². The highest BCUT2D eigenvalue weighted by Crippen LogP contribution is 2.35. The highest BCUT2D eigenvalue weighted by Gasteiger charge is 2.33. The lowest BCUT2D eigenvalue weighted by Crippen LogP contribution is -2.50. The molecular weight excluding hydrogens is 388 g/mol. The van der Waals surface area contributed by atoms with Gasteiger partial charge >= 0.3 is 6.09 Å². The molecule has 0 saturated carbocycles. The average Bonchev–Trinajstić information content (AvgIpc) is 2.98. The van der Waals surface area contributed by atoms with E-state index in [0.717, 1.165) is 24.1 Å². The van der Waals surface area contributed by atoms with Gasteiger partial charge in [0.15, 0.2) is 0 Å². The lowest BCUT2D eigenvalue weighted by atomic mass is 10.0. The number of rotatable bonds is 3. The molecule has 150 valence electrons. The van der Waals surface area contributed by atoms with Crippen molar-refractivity contribution >= 4 is 28.5 Å². The lowest BCUT2D eigenvalue weighted by Gasteiger charge is -2.35. The van der Waals surface area contributed by atoms with Crippen molar-refractivity contribution < 1.29 is 18.5 Å². The van der Waals surface area contributed by atoms with Crippen LogP contribution in [0, 0.1) is 0 Å². The first kappa shape index (κ1) is 20.6. The first-order valence-electron chi connectivity index (χ1n) is 9.09. The summed E-state index contributed by atoms with van der Waals surface area (Å²) in [6.45, 7) is 8.10. The number of ether oxygens (including phenoxy) is 2. The topological polar surface area (TPSA) is 67.9 Å². The van der Waals surface area contributed by atoms with Gasteiger partial charge in [-0.3, -0.25) is 9.11 Å². The van der Waals surface area contributed by atoms with Crippen molar-refractivity contribution in [2.24, 2.45) is 0 Å². The molecule has 27 heavy (non-hydrogen) atoms. The van der Waals surface area contributed by atoms with Crippen LogP contribution in [0.2, 0.25) is 5.02 Å². The zero-order valence-electron chi connectivity index (χ0n) is 16.2. The molecule has 0 bridgehead atoms. The molecule has 0 aliphatic carbocycles. The van der Waals surface area contributed by atoms with Crippen LogP contribution in [0.15, 0.2) is 17.0 Å². The Bertz CT molecular complexity index is 750. The molecule has 1 aromatic carbocycles. The van der Waals surface area contributed by atoms with Crippen molar-refractivity contribution in [1.82, 2.24) is 10.2 Å². The van der Waals surface area contributed by atoms with Gasteiger partial charge in [0.25, 0.3) is 0 Å². The average molecular weight is 415 g/mol. The standard InChI is InChI=1S/C19H27ClN2O4S/c1-19(2,3)26-18(23)21-13-7-14(11-25-10-13)22-8-12-5-6-16(27(4)24)17(20)15(12)9-22/h5-6,13-14H,7-11H2,1-4H3,(H,21,23)/t13-,14?,27?/m0/s1. The molecule has 1 fully saturated rings. The van der Waals surface area contributed by atoms with E-state index >= 15 is 0 Å². The Labute approximate surface area is 168 Å². The number of nitrogens with zero attached hydrogens (tertiary/aromatic N) is 1. The number of carbonyl (C=O) groups excluding carboxylic acids is 1. The van der Waals surface area contributed by atoms with Crippen LogP contribution in [0.25, 0.3) is 0 Å². The summed E-state index contributed by atoms with van der Waals surface area (Å²) in [4.78, 5) is 15.0. The molecule has 8 heteroatoms. The third-order valence-corrected chi connectivity index (χ3v) is 6.28. The lowest BCUT2D eigenvalue weighted by molar-refractivity contribution is -0.00782. The van der Waals surface area contributed by atoms with Gasteiger partial charge < -0.3 is 14.8 Å². The second-order valence-electron chi connectivity index (χ2n) is 8.14. The van der Waals surface area contributed by atoms with Gasteiger partial charge in [-0.05, 0) is 44.4 Å². The molecule has 0 spiro atoms. The van der Waals surface area contributed by atoms with Crippen LogP contribution in [0.4, 0.5) is 4.79 Å². The van der Waals surface area contributed by atoms with Gasteiger partial charge in [-0.15, -0.1) is 0 Å². The second-order valence-corrected chi connectivity index (χ2v) is 9.87. The molecular formula is C19H27ClN2O4S. The quantitative estimate of drug-likeness (QED) is 0.823. The summed E-state index contributed by atoms with van der Waals surface area (Å²) in [7, 11) is -1.11. The van der Waals surface area contributed by atoms with Crippen LogP contribution in [0.5, 0.6) is 0 Å². The summed E-state index contributed by atoms with van der Waals surface area (Å²) in [6, 6.07) is 3.96. The molecule has 3 atom stereocenters. The Morgan fingerprint density at radius 1 is 1.33 bits per heavy atom. The summed E-state index contributed by atoms with van der Waals surface area (Å²) in [5.74, 6) is 0. The minimum Gasteiger partial charge on any atom is -0.444 e. The first-order chi connectivity index (χ1) is 12.6. The number of alkyl carbamates (subject to hydrolysis) is 1. The van der Waals surface area contributed by atoms with E-state index in [0.29, 0.717) is 29.7 Å². The van der Waals surface area contributed by atoms with E-state index in [9.17, 15) is 9.00 Å². The van der Waals surface area contributed by atoms with Crippen LogP contribution < -0.4 is 5.32 Å². The maximum Gasteiger partial charge on any atom is 0.407 e. The zero-order valence-corrected chi connectivity index (χ0v) is 17.8. The monoisotopic (exact) mass is 414 g/mol. The largest absolute Gasteiger partial charge is 0.444 e. The van der Waals surface area contributed by atoms with Crippen LogP contribution in [-0.4, -0.2) is 52.4 Å². The second kappa shape index (κ2) is 8.07. The van der Waals surface area contributed by atoms with Gasteiger partial charge in [0.2, 0.25) is 0 Å². The minimum atomic E-state index is -1.11. The van der Waals surface area contributed by atoms with Crippen molar-refractivity contribution in [3.05, 3.63) is 28.3 Å². The molecule has 1 aromatic rings. The number of benzene rings is 1. The number of amides is 1. The van der Waals surface area contributed by atoms with Crippen molar-refractivity contribution in [1.29, 1.82) is 0 Å². The minimum absolute atomic E-state index is 0.0866. The van der Waals surface area contributed by atoms with Gasteiger partial charge in [-0.25, -0.2) is 4.79 Å². The van der Waals surface area contributed by atoms with Crippen molar-refractivity contribution in [3.63, 3.8) is 0 Å². The molecule has 3 rings (SSSR count). The van der Waals surface area contributed by atoms with E-state index in [1.54, 1.807) is 6.26 Å². The third kappa shape index (κ3) is 5.02. The third-order valence-electron chi connectivity index (χ3n) is 4.77. The van der Waals surface area contributed by atoms with E-state index in [-0.39, 0.29) is 12.1 Å². The summed E-state index contributed by atoms with van der Waals surface area (Å²) >= 11 is 6.49. The fraction of sp³-hybridized carbons (Fsp3) is 0.632. The van der Waals surface area contributed by atoms with E-state index in [1.807, 2.05) is 32.9 Å². The fourth-order valence-corrected chi connectivity index (χ4v) is 4.76. The van der Waals surface area contributed by atoms with E-state index in [2.05, 4.69) is 10.2 Å². The molecule has 6 nitrogen and oxygen atoms in total. The number of nitrogens with one attached hydrogen (secondary N) is 1. The van der Waals surface area contributed by atoms with Crippen LogP contribution in [0.1, 0.15) is 38.3 Å². The molecule has 1 amide bonds. The summed E-state index contributed by atoms with van der Waals surface area (Å²) in [5.41, 5.74) is 1.69. The van der Waals surface area contributed by atoms with Crippen LogP contribution >= 0.6 is 11.6 Å². The number of hydrogen-bond acceptors (Lipinski definition) is 5. The SMILES string of the molecule is CS(=O)c1ccc2c(c1Cl)CN(C1COC[C@@H](NC(=O)OC(C)(C)C)C1)C2. The molecule has 1 saturated heterocycles. The van der Waals surface area contributed by atoms with Gasteiger partial charge in [-0.1, -0.05) is 17.7 Å². The molecule has 2 aliphatic heterocycles. The maximum absolute atomic E-state index is 12.0. The summed E-state index contributed by atoms with van der Waals surface area (Å²) < 4.78 is 22.9. The molecule has 2 heterocycles. The summed E-state index contributed by atoms with van der Waals surface area (Å²) in [5, 5.41) is 3.51. The van der Waals surface area contributed by atoms with Crippen molar-refractivity contribution in [2.75, 3.05) is 19.5 Å². The van der Waals surface area contributed by atoms with Gasteiger partial charge in [-0.2, -0.15) is 0 Å². The highest BCUT2D eigenvalue weighted by molar-refractivity contribution is 7.84. The Morgan fingerprint density at radius 2 is 2.07 bits per heavy atom. The Balaban J connectivity index is 1.63. The highest BCUT2D eigenvalue weighted by atomic mass is 35.5. The fourth-order valence-electron chi connectivity index (χ4n) is 3.56. The van der Waals surface area contributed by atoms with Gasteiger partial charge in [0.1, 0.15) is 5.60 Å². The van der Waals surface area contributed by atoms with E-state index < -0.39 is 22.5 Å². The molecule has 0 aromatic heterocycles.